The number of sulfonamides is 1. The average Bonchev–Trinajstić information content (AvgIpc) is 2.27. The molecule has 0 spiro atoms. The minimum absolute atomic E-state index is 0.0584. The first-order valence-corrected chi connectivity index (χ1v) is 9.53. The van der Waals surface area contributed by atoms with Crippen LogP contribution in [-0.4, -0.2) is 25.0 Å². The highest BCUT2D eigenvalue weighted by Crippen LogP contribution is 2.31. The molecule has 18 heavy (non-hydrogen) atoms. The lowest BCUT2D eigenvalue weighted by Crippen LogP contribution is -2.51. The Bertz CT molecular complexity index is 354. The first-order valence-electron chi connectivity index (χ1n) is 6.76. The quantitative estimate of drug-likeness (QED) is 0.780. The molecular formula is C13H26BrNO2S. The lowest BCUT2D eigenvalue weighted by molar-refractivity contribution is 0.300. The number of alkyl halides is 1. The van der Waals surface area contributed by atoms with Crippen LogP contribution in [0.2, 0.25) is 0 Å². The zero-order valence-electron chi connectivity index (χ0n) is 11.8. The molecule has 3 nitrogen and oxygen atoms in total. The fourth-order valence-electron chi connectivity index (χ4n) is 2.31. The first-order chi connectivity index (χ1) is 8.18. The molecule has 0 aliphatic heterocycles. The van der Waals surface area contributed by atoms with E-state index in [2.05, 4.69) is 41.4 Å². The summed E-state index contributed by atoms with van der Waals surface area (Å²) in [6.07, 6.45) is 6.06. The number of halogens is 1. The highest BCUT2D eigenvalue weighted by molar-refractivity contribution is 9.09. The zero-order chi connectivity index (χ0) is 13.9. The van der Waals surface area contributed by atoms with Crippen molar-refractivity contribution in [1.82, 2.24) is 4.72 Å². The van der Waals surface area contributed by atoms with Crippen LogP contribution >= 0.6 is 15.9 Å². The summed E-state index contributed by atoms with van der Waals surface area (Å²) in [6.45, 7) is 6.22. The molecule has 0 unspecified atom stereocenters. The van der Waals surface area contributed by atoms with Gasteiger partial charge < -0.3 is 0 Å². The minimum Gasteiger partial charge on any atom is -0.212 e. The summed E-state index contributed by atoms with van der Waals surface area (Å²) in [5.74, 6) is 0.227. The van der Waals surface area contributed by atoms with Gasteiger partial charge in [0.25, 0.3) is 0 Å². The molecule has 1 saturated carbocycles. The number of rotatable bonds is 5. The van der Waals surface area contributed by atoms with Gasteiger partial charge in [-0.05, 0) is 24.7 Å². The smallest absolute Gasteiger partial charge is 0.212 e. The van der Waals surface area contributed by atoms with E-state index in [1.54, 1.807) is 0 Å². The van der Waals surface area contributed by atoms with Crippen molar-refractivity contribution < 1.29 is 8.42 Å². The van der Waals surface area contributed by atoms with Crippen LogP contribution in [0.5, 0.6) is 0 Å². The van der Waals surface area contributed by atoms with Gasteiger partial charge in [-0.15, -0.1) is 0 Å². The standard InChI is InChI=1S/C13H26BrNO2S/c1-12(2,3)9-10-18(16,17)15-13(11-14)7-5-4-6-8-13/h15H,4-11H2,1-3H3. The molecule has 1 N–H and O–H groups in total. The SMILES string of the molecule is CC(C)(C)CCS(=O)(=O)NC1(CBr)CCCCC1. The van der Waals surface area contributed by atoms with Crippen LogP contribution < -0.4 is 4.72 Å². The van der Waals surface area contributed by atoms with Crippen LogP contribution in [0, 0.1) is 5.41 Å². The van der Waals surface area contributed by atoms with Crippen LogP contribution in [0.25, 0.3) is 0 Å². The van der Waals surface area contributed by atoms with E-state index < -0.39 is 10.0 Å². The molecule has 108 valence electrons. The van der Waals surface area contributed by atoms with E-state index in [0.717, 1.165) is 31.0 Å². The van der Waals surface area contributed by atoms with Crippen LogP contribution in [0.4, 0.5) is 0 Å². The Morgan fingerprint density at radius 3 is 2.17 bits per heavy atom. The number of hydrogen-bond donors (Lipinski definition) is 1. The van der Waals surface area contributed by atoms with Crippen LogP contribution in [0.1, 0.15) is 59.3 Å². The summed E-state index contributed by atoms with van der Waals surface area (Å²) in [5, 5.41) is 0.717. The van der Waals surface area contributed by atoms with Gasteiger partial charge in [-0.1, -0.05) is 56.0 Å². The van der Waals surface area contributed by atoms with Gasteiger partial charge >= 0.3 is 0 Å². The zero-order valence-corrected chi connectivity index (χ0v) is 14.2. The summed E-state index contributed by atoms with van der Waals surface area (Å²) >= 11 is 3.48. The van der Waals surface area contributed by atoms with Gasteiger partial charge in [-0.25, -0.2) is 13.1 Å². The maximum absolute atomic E-state index is 12.2. The Labute approximate surface area is 120 Å². The Kier molecular flexibility index (Phi) is 5.69. The lowest BCUT2D eigenvalue weighted by Gasteiger charge is -2.36. The molecule has 0 aromatic heterocycles. The van der Waals surface area contributed by atoms with E-state index in [0.29, 0.717) is 6.42 Å². The number of hydrogen-bond acceptors (Lipinski definition) is 2. The van der Waals surface area contributed by atoms with Gasteiger partial charge in [0, 0.05) is 10.9 Å². The minimum atomic E-state index is -3.16. The Hall–Kier alpha value is 0.390. The summed E-state index contributed by atoms with van der Waals surface area (Å²) in [5.41, 5.74) is -0.183. The maximum atomic E-state index is 12.2. The van der Waals surface area contributed by atoms with Crippen molar-refractivity contribution >= 4 is 26.0 Å². The number of nitrogens with one attached hydrogen (secondary N) is 1. The van der Waals surface area contributed by atoms with Gasteiger partial charge in [0.2, 0.25) is 10.0 Å². The molecule has 1 fully saturated rings. The Balaban J connectivity index is 2.62. The van der Waals surface area contributed by atoms with Crippen molar-refractivity contribution in [3.8, 4) is 0 Å². The molecule has 5 heteroatoms. The van der Waals surface area contributed by atoms with Crippen molar-refractivity contribution in [2.75, 3.05) is 11.1 Å². The summed E-state index contributed by atoms with van der Waals surface area (Å²) in [7, 11) is -3.16. The third-order valence-electron chi connectivity index (χ3n) is 3.56. The van der Waals surface area contributed by atoms with Crippen molar-refractivity contribution in [3.05, 3.63) is 0 Å². The monoisotopic (exact) mass is 339 g/mol. The van der Waals surface area contributed by atoms with E-state index in [1.807, 2.05) is 0 Å². The molecule has 0 aromatic rings. The van der Waals surface area contributed by atoms with Crippen LogP contribution in [0.3, 0.4) is 0 Å². The molecule has 1 rings (SSSR count). The van der Waals surface area contributed by atoms with Gasteiger partial charge in [-0.3, -0.25) is 0 Å². The average molecular weight is 340 g/mol. The normalized spacial score (nSPS) is 20.9. The highest BCUT2D eigenvalue weighted by atomic mass is 79.9. The summed E-state index contributed by atoms with van der Waals surface area (Å²) in [6, 6.07) is 0. The van der Waals surface area contributed by atoms with E-state index in [9.17, 15) is 8.42 Å². The fraction of sp³-hybridized carbons (Fsp3) is 1.00. The lowest BCUT2D eigenvalue weighted by atomic mass is 9.84. The predicted molar refractivity (Wildman–Crippen MR) is 80.6 cm³/mol. The predicted octanol–water partition coefficient (Wildman–Crippen LogP) is 3.44. The molecule has 1 aliphatic rings. The van der Waals surface area contributed by atoms with E-state index >= 15 is 0 Å². The molecular weight excluding hydrogens is 314 g/mol. The van der Waals surface area contributed by atoms with Gasteiger partial charge in [0.15, 0.2) is 0 Å². The summed E-state index contributed by atoms with van der Waals surface area (Å²) < 4.78 is 27.3. The van der Waals surface area contributed by atoms with Crippen molar-refractivity contribution in [3.63, 3.8) is 0 Å². The fourth-order valence-corrected chi connectivity index (χ4v) is 5.12. The molecule has 0 bridgehead atoms. The van der Waals surface area contributed by atoms with Crippen LogP contribution in [-0.2, 0) is 10.0 Å². The van der Waals surface area contributed by atoms with E-state index in [4.69, 9.17) is 0 Å². The Morgan fingerprint density at radius 1 is 1.17 bits per heavy atom. The maximum Gasteiger partial charge on any atom is 0.212 e. The van der Waals surface area contributed by atoms with E-state index in [1.165, 1.54) is 6.42 Å². The van der Waals surface area contributed by atoms with Crippen molar-refractivity contribution in [2.24, 2.45) is 5.41 Å². The second-order valence-electron chi connectivity index (χ2n) is 6.71. The molecule has 0 aromatic carbocycles. The molecule has 1 aliphatic carbocycles. The molecule has 0 amide bonds. The van der Waals surface area contributed by atoms with Gasteiger partial charge in [0.1, 0.15) is 0 Å². The van der Waals surface area contributed by atoms with Gasteiger partial charge in [-0.2, -0.15) is 0 Å². The summed E-state index contributed by atoms with van der Waals surface area (Å²) in [4.78, 5) is 0. The third-order valence-corrected chi connectivity index (χ3v) is 6.12. The molecule has 0 heterocycles. The molecule has 0 radical (unpaired) electrons. The van der Waals surface area contributed by atoms with Crippen molar-refractivity contribution in [2.45, 2.75) is 64.8 Å². The first kappa shape index (κ1) is 16.4. The van der Waals surface area contributed by atoms with Crippen molar-refractivity contribution in [1.29, 1.82) is 0 Å². The topological polar surface area (TPSA) is 46.2 Å². The third kappa shape index (κ3) is 5.57. The highest BCUT2D eigenvalue weighted by Gasteiger charge is 2.35. The molecule has 0 atom stereocenters. The van der Waals surface area contributed by atoms with E-state index in [-0.39, 0.29) is 16.7 Å². The largest absolute Gasteiger partial charge is 0.212 e. The molecule has 0 saturated heterocycles. The Morgan fingerprint density at radius 2 is 1.72 bits per heavy atom. The van der Waals surface area contributed by atoms with Crippen LogP contribution in [0.15, 0.2) is 0 Å². The van der Waals surface area contributed by atoms with Gasteiger partial charge in [0.05, 0.1) is 5.75 Å². The second-order valence-corrected chi connectivity index (χ2v) is 9.11. The second kappa shape index (κ2) is 6.23.